The number of allylic oxidation sites excluding steroid dienone is 2. The summed E-state index contributed by atoms with van der Waals surface area (Å²) in [6.07, 6.45) is 11.2. The van der Waals surface area contributed by atoms with Gasteiger partial charge in [0.25, 0.3) is 0 Å². The van der Waals surface area contributed by atoms with Gasteiger partial charge in [0.05, 0.1) is 0 Å². The van der Waals surface area contributed by atoms with E-state index in [2.05, 4.69) is 80.3 Å². The molecule has 0 amide bonds. The molecule has 0 aliphatic heterocycles. The summed E-state index contributed by atoms with van der Waals surface area (Å²) >= 11 is 0. The molecule has 0 aromatic heterocycles. The third kappa shape index (κ3) is 5.12. The molecule has 26 heavy (non-hydrogen) atoms. The molecule has 1 unspecified atom stereocenters. The van der Waals surface area contributed by atoms with Crippen molar-refractivity contribution in [3.05, 3.63) is 76.9 Å². The lowest BCUT2D eigenvalue weighted by Crippen LogP contribution is -2.03. The minimum Gasteiger partial charge on any atom is -0.0804 e. The average molecular weight is 343 g/mol. The predicted octanol–water partition coefficient (Wildman–Crippen LogP) is 7.02. The highest BCUT2D eigenvalue weighted by Gasteiger charge is 2.13. The van der Waals surface area contributed by atoms with Gasteiger partial charge >= 0.3 is 0 Å². The van der Waals surface area contributed by atoms with E-state index in [1.165, 1.54) is 61.6 Å². The first-order valence-electron chi connectivity index (χ1n) is 10.2. The summed E-state index contributed by atoms with van der Waals surface area (Å²) in [5, 5.41) is 0. The van der Waals surface area contributed by atoms with Crippen molar-refractivity contribution < 1.29 is 0 Å². The van der Waals surface area contributed by atoms with E-state index in [0.29, 0.717) is 0 Å². The molecule has 2 aromatic rings. The lowest BCUT2D eigenvalue weighted by molar-refractivity contribution is 0.471. The lowest BCUT2D eigenvalue weighted by atomic mass is 9.85. The average Bonchev–Trinajstić information content (AvgIpc) is 2.72. The monoisotopic (exact) mass is 342 g/mol. The SMILES string of the molecule is CCCCc1ccc(C#Cc2ccc(C3=CCC(CC)CC3)cc2)cc1. The smallest absolute Gasteiger partial charge is 0.0249 e. The number of aryl methyl sites for hydroxylation is 1. The Morgan fingerprint density at radius 3 is 2.08 bits per heavy atom. The van der Waals surface area contributed by atoms with Crippen molar-refractivity contribution in [2.45, 2.75) is 58.8 Å². The first-order chi connectivity index (χ1) is 12.8. The quantitative estimate of drug-likeness (QED) is 0.512. The Morgan fingerprint density at radius 1 is 0.885 bits per heavy atom. The fourth-order valence-corrected chi connectivity index (χ4v) is 3.57. The largest absolute Gasteiger partial charge is 0.0804 e. The second-order valence-corrected chi connectivity index (χ2v) is 7.41. The molecule has 0 spiro atoms. The Labute approximate surface area is 159 Å². The molecule has 0 fully saturated rings. The van der Waals surface area contributed by atoms with Gasteiger partial charge in [0.1, 0.15) is 0 Å². The van der Waals surface area contributed by atoms with Crippen molar-refractivity contribution in [2.75, 3.05) is 0 Å². The molecule has 1 aliphatic rings. The van der Waals surface area contributed by atoms with Crippen LogP contribution < -0.4 is 0 Å². The van der Waals surface area contributed by atoms with Gasteiger partial charge in [-0.1, -0.05) is 68.9 Å². The van der Waals surface area contributed by atoms with Crippen LogP contribution in [0.15, 0.2) is 54.6 Å². The molecule has 0 N–H and O–H groups in total. The molecule has 0 heteroatoms. The molecule has 2 aromatic carbocycles. The first-order valence-corrected chi connectivity index (χ1v) is 10.2. The highest BCUT2D eigenvalue weighted by Crippen LogP contribution is 2.31. The standard InChI is InChI=1S/C26H30/c1-3-5-6-22-7-9-23(10-8-22)11-12-24-15-19-26(20-16-24)25-17-13-21(4-2)14-18-25/h7-10,15-17,19-21H,3-6,13-14,18H2,1-2H3. The van der Waals surface area contributed by atoms with Crippen molar-refractivity contribution in [1.82, 2.24) is 0 Å². The zero-order chi connectivity index (χ0) is 18.2. The molecule has 0 heterocycles. The Balaban J connectivity index is 1.63. The summed E-state index contributed by atoms with van der Waals surface area (Å²) in [6, 6.07) is 17.5. The normalized spacial score (nSPS) is 16.5. The number of hydrogen-bond donors (Lipinski definition) is 0. The Kier molecular flexibility index (Phi) is 6.73. The topological polar surface area (TPSA) is 0 Å². The van der Waals surface area contributed by atoms with Crippen LogP contribution in [0.1, 0.15) is 74.6 Å². The molecule has 0 saturated carbocycles. The summed E-state index contributed by atoms with van der Waals surface area (Å²) in [5.41, 5.74) is 6.47. The number of rotatable bonds is 5. The van der Waals surface area contributed by atoms with Crippen LogP contribution >= 0.6 is 0 Å². The van der Waals surface area contributed by atoms with E-state index < -0.39 is 0 Å². The summed E-state index contributed by atoms with van der Waals surface area (Å²) < 4.78 is 0. The highest BCUT2D eigenvalue weighted by molar-refractivity contribution is 5.67. The van der Waals surface area contributed by atoms with Crippen molar-refractivity contribution >= 4 is 5.57 Å². The molecule has 0 bridgehead atoms. The zero-order valence-electron chi connectivity index (χ0n) is 16.2. The van der Waals surface area contributed by atoms with Gasteiger partial charge in [-0.3, -0.25) is 0 Å². The van der Waals surface area contributed by atoms with E-state index >= 15 is 0 Å². The maximum Gasteiger partial charge on any atom is 0.0249 e. The van der Waals surface area contributed by atoms with Gasteiger partial charge in [0, 0.05) is 11.1 Å². The lowest BCUT2D eigenvalue weighted by Gasteiger charge is -2.20. The third-order valence-electron chi connectivity index (χ3n) is 5.48. The van der Waals surface area contributed by atoms with E-state index in [9.17, 15) is 0 Å². The molecule has 1 atom stereocenters. The van der Waals surface area contributed by atoms with Gasteiger partial charge in [-0.05, 0) is 79.0 Å². The van der Waals surface area contributed by atoms with Gasteiger partial charge in [-0.25, -0.2) is 0 Å². The van der Waals surface area contributed by atoms with E-state index in [0.717, 1.165) is 17.0 Å². The van der Waals surface area contributed by atoms with E-state index in [1.807, 2.05) is 0 Å². The summed E-state index contributed by atoms with van der Waals surface area (Å²) in [6.45, 7) is 4.54. The third-order valence-corrected chi connectivity index (χ3v) is 5.48. The molecule has 3 rings (SSSR count). The second kappa shape index (κ2) is 9.44. The summed E-state index contributed by atoms with van der Waals surface area (Å²) in [7, 11) is 0. The Morgan fingerprint density at radius 2 is 1.54 bits per heavy atom. The van der Waals surface area contributed by atoms with Gasteiger partial charge < -0.3 is 0 Å². The van der Waals surface area contributed by atoms with Gasteiger partial charge in [-0.15, -0.1) is 0 Å². The van der Waals surface area contributed by atoms with E-state index in [4.69, 9.17) is 0 Å². The maximum atomic E-state index is 3.30. The fourth-order valence-electron chi connectivity index (χ4n) is 3.57. The van der Waals surface area contributed by atoms with Crippen LogP contribution in [0, 0.1) is 17.8 Å². The van der Waals surface area contributed by atoms with Crippen LogP contribution in [-0.2, 0) is 6.42 Å². The Hall–Kier alpha value is -2.26. The van der Waals surface area contributed by atoms with Crippen LogP contribution in [0.4, 0.5) is 0 Å². The van der Waals surface area contributed by atoms with Crippen LogP contribution in [0.2, 0.25) is 0 Å². The highest BCUT2D eigenvalue weighted by atomic mass is 14.2. The molecule has 0 nitrogen and oxygen atoms in total. The molecular weight excluding hydrogens is 312 g/mol. The fraction of sp³-hybridized carbons (Fsp3) is 0.385. The predicted molar refractivity (Wildman–Crippen MR) is 113 cm³/mol. The zero-order valence-corrected chi connectivity index (χ0v) is 16.2. The minimum absolute atomic E-state index is 0.886. The van der Waals surface area contributed by atoms with Crippen LogP contribution in [0.25, 0.3) is 5.57 Å². The summed E-state index contributed by atoms with van der Waals surface area (Å²) in [5.74, 6) is 7.48. The molecule has 1 aliphatic carbocycles. The van der Waals surface area contributed by atoms with E-state index in [1.54, 1.807) is 0 Å². The van der Waals surface area contributed by atoms with Crippen molar-refractivity contribution in [3.8, 4) is 11.8 Å². The minimum atomic E-state index is 0.886. The van der Waals surface area contributed by atoms with Crippen molar-refractivity contribution in [1.29, 1.82) is 0 Å². The molecule has 0 saturated heterocycles. The number of hydrogen-bond acceptors (Lipinski definition) is 0. The second-order valence-electron chi connectivity index (χ2n) is 7.41. The van der Waals surface area contributed by atoms with Gasteiger partial charge in [0.15, 0.2) is 0 Å². The number of benzene rings is 2. The van der Waals surface area contributed by atoms with E-state index in [-0.39, 0.29) is 0 Å². The van der Waals surface area contributed by atoms with Gasteiger partial charge in [-0.2, -0.15) is 0 Å². The van der Waals surface area contributed by atoms with Crippen LogP contribution in [0.3, 0.4) is 0 Å². The number of unbranched alkanes of at least 4 members (excludes halogenated alkanes) is 1. The van der Waals surface area contributed by atoms with Crippen molar-refractivity contribution in [3.63, 3.8) is 0 Å². The van der Waals surface area contributed by atoms with Crippen LogP contribution in [-0.4, -0.2) is 0 Å². The Bertz CT molecular complexity index is 779. The molecule has 0 radical (unpaired) electrons. The first kappa shape index (κ1) is 18.5. The summed E-state index contributed by atoms with van der Waals surface area (Å²) in [4.78, 5) is 0. The maximum absolute atomic E-state index is 3.30. The van der Waals surface area contributed by atoms with Crippen LogP contribution in [0.5, 0.6) is 0 Å². The van der Waals surface area contributed by atoms with Crippen molar-refractivity contribution in [2.24, 2.45) is 5.92 Å². The molecular formula is C26H30. The van der Waals surface area contributed by atoms with Gasteiger partial charge in [0.2, 0.25) is 0 Å². The molecule has 134 valence electrons.